The van der Waals surface area contributed by atoms with Crippen molar-refractivity contribution in [1.29, 1.82) is 0 Å². The van der Waals surface area contributed by atoms with Gasteiger partial charge in [0.1, 0.15) is 15.4 Å². The number of fused-ring (bicyclic) bond motifs is 1. The smallest absolute Gasteiger partial charge is 0.255 e. The summed E-state index contributed by atoms with van der Waals surface area (Å²) in [6.45, 7) is 3.39. The van der Waals surface area contributed by atoms with Crippen LogP contribution in [-0.4, -0.2) is 21.8 Å². The van der Waals surface area contributed by atoms with Gasteiger partial charge in [0.05, 0.1) is 0 Å². The standard InChI is InChI=1S/C22H18N4O2S/c1-13-5-6-16(21-26-18-4-3-11-23-22(18)29-21)12-19(13)25-20(28)15-7-9-17(10-8-15)24-14(2)27/h3-12H,1-2H3,(H,24,27)(H,25,28). The number of rotatable bonds is 4. The molecule has 2 amide bonds. The third kappa shape index (κ3) is 4.14. The van der Waals surface area contributed by atoms with E-state index >= 15 is 0 Å². The van der Waals surface area contributed by atoms with Gasteiger partial charge in [-0.05, 0) is 55.0 Å². The number of carbonyl (C=O) groups is 2. The first-order valence-corrected chi connectivity index (χ1v) is 9.83. The van der Waals surface area contributed by atoms with Crippen LogP contribution in [0, 0.1) is 6.92 Å². The lowest BCUT2D eigenvalue weighted by Crippen LogP contribution is -2.13. The molecule has 2 aromatic heterocycles. The molecule has 2 aromatic carbocycles. The summed E-state index contributed by atoms with van der Waals surface area (Å²) in [6, 6.07) is 16.4. The number of nitrogens with zero attached hydrogens (tertiary/aromatic N) is 2. The summed E-state index contributed by atoms with van der Waals surface area (Å²) in [5.41, 5.74) is 4.62. The SMILES string of the molecule is CC(=O)Nc1ccc(C(=O)Nc2cc(-c3nc4cccnc4s3)ccc2C)cc1. The van der Waals surface area contributed by atoms with Crippen LogP contribution in [0.5, 0.6) is 0 Å². The fourth-order valence-electron chi connectivity index (χ4n) is 2.89. The van der Waals surface area contributed by atoms with Crippen LogP contribution in [0.15, 0.2) is 60.8 Å². The molecule has 144 valence electrons. The number of aromatic nitrogens is 2. The molecule has 0 aliphatic rings. The van der Waals surface area contributed by atoms with E-state index in [-0.39, 0.29) is 11.8 Å². The Morgan fingerprint density at radius 3 is 2.52 bits per heavy atom. The normalized spacial score (nSPS) is 10.7. The van der Waals surface area contributed by atoms with Gasteiger partial charge in [0.25, 0.3) is 5.91 Å². The van der Waals surface area contributed by atoms with Crippen molar-refractivity contribution in [2.45, 2.75) is 13.8 Å². The molecule has 0 bridgehead atoms. The maximum atomic E-state index is 12.7. The van der Waals surface area contributed by atoms with Crippen LogP contribution in [0.2, 0.25) is 0 Å². The number of carbonyl (C=O) groups excluding carboxylic acids is 2. The molecule has 0 fully saturated rings. The number of nitrogens with one attached hydrogen (secondary N) is 2. The van der Waals surface area contributed by atoms with Gasteiger partial charge in [-0.15, -0.1) is 0 Å². The van der Waals surface area contributed by atoms with Crippen LogP contribution < -0.4 is 10.6 Å². The Morgan fingerprint density at radius 1 is 1.00 bits per heavy atom. The van der Waals surface area contributed by atoms with Crippen molar-refractivity contribution >= 4 is 44.9 Å². The Balaban J connectivity index is 1.57. The highest BCUT2D eigenvalue weighted by Gasteiger charge is 2.12. The molecule has 0 radical (unpaired) electrons. The first-order chi connectivity index (χ1) is 14.0. The lowest BCUT2D eigenvalue weighted by Gasteiger charge is -2.10. The second kappa shape index (κ2) is 7.81. The van der Waals surface area contributed by atoms with Crippen molar-refractivity contribution < 1.29 is 9.59 Å². The Bertz CT molecular complexity index is 1180. The Hall–Kier alpha value is -3.58. The molecule has 0 atom stereocenters. The van der Waals surface area contributed by atoms with Crippen molar-refractivity contribution in [2.24, 2.45) is 0 Å². The van der Waals surface area contributed by atoms with Crippen LogP contribution >= 0.6 is 11.3 Å². The summed E-state index contributed by atoms with van der Waals surface area (Å²) in [7, 11) is 0. The molecule has 0 saturated carbocycles. The summed E-state index contributed by atoms with van der Waals surface area (Å²) in [5, 5.41) is 6.51. The highest BCUT2D eigenvalue weighted by molar-refractivity contribution is 7.21. The molecule has 4 aromatic rings. The van der Waals surface area contributed by atoms with Crippen LogP contribution in [0.4, 0.5) is 11.4 Å². The van der Waals surface area contributed by atoms with Crippen molar-refractivity contribution in [3.8, 4) is 10.6 Å². The van der Waals surface area contributed by atoms with Gasteiger partial charge in [-0.3, -0.25) is 9.59 Å². The third-order valence-corrected chi connectivity index (χ3v) is 5.39. The quantitative estimate of drug-likeness (QED) is 0.510. The van der Waals surface area contributed by atoms with Crippen LogP contribution in [0.25, 0.3) is 20.9 Å². The highest BCUT2D eigenvalue weighted by atomic mass is 32.1. The molecular weight excluding hydrogens is 384 g/mol. The van der Waals surface area contributed by atoms with Crippen molar-refractivity contribution in [3.63, 3.8) is 0 Å². The van der Waals surface area contributed by atoms with Crippen LogP contribution in [0.1, 0.15) is 22.8 Å². The molecule has 2 N–H and O–H groups in total. The molecule has 7 heteroatoms. The van der Waals surface area contributed by atoms with Gasteiger partial charge in [-0.25, -0.2) is 9.97 Å². The number of anilines is 2. The number of hydrogen-bond donors (Lipinski definition) is 2. The third-order valence-electron chi connectivity index (χ3n) is 4.37. The second-order valence-corrected chi connectivity index (χ2v) is 7.57. The zero-order chi connectivity index (χ0) is 20.4. The molecule has 0 spiro atoms. The number of pyridine rings is 1. The number of aryl methyl sites for hydroxylation is 1. The fourth-order valence-corrected chi connectivity index (χ4v) is 3.79. The van der Waals surface area contributed by atoms with Gasteiger partial charge in [-0.2, -0.15) is 0 Å². The predicted octanol–water partition coefficient (Wildman–Crippen LogP) is 4.88. The molecule has 0 aliphatic carbocycles. The largest absolute Gasteiger partial charge is 0.326 e. The Labute approximate surface area is 171 Å². The van der Waals surface area contributed by atoms with Crippen molar-refractivity contribution in [1.82, 2.24) is 9.97 Å². The summed E-state index contributed by atoms with van der Waals surface area (Å²) >= 11 is 1.52. The first kappa shape index (κ1) is 18.8. The van der Waals surface area contributed by atoms with E-state index in [1.165, 1.54) is 18.3 Å². The van der Waals surface area contributed by atoms with Crippen molar-refractivity contribution in [2.75, 3.05) is 10.6 Å². The summed E-state index contributed by atoms with van der Waals surface area (Å²) in [4.78, 5) is 33.6. The number of hydrogen-bond acceptors (Lipinski definition) is 5. The van der Waals surface area contributed by atoms with E-state index in [0.717, 1.165) is 32.2 Å². The average molecular weight is 402 g/mol. The minimum absolute atomic E-state index is 0.153. The lowest BCUT2D eigenvalue weighted by atomic mass is 10.1. The maximum Gasteiger partial charge on any atom is 0.255 e. The second-order valence-electron chi connectivity index (χ2n) is 6.59. The zero-order valence-electron chi connectivity index (χ0n) is 15.9. The number of amides is 2. The molecule has 0 aliphatic heterocycles. The van der Waals surface area contributed by atoms with E-state index in [4.69, 9.17) is 0 Å². The number of benzene rings is 2. The molecular formula is C22H18N4O2S. The lowest BCUT2D eigenvalue weighted by molar-refractivity contribution is -0.114. The highest BCUT2D eigenvalue weighted by Crippen LogP contribution is 2.31. The minimum atomic E-state index is -0.217. The zero-order valence-corrected chi connectivity index (χ0v) is 16.7. The molecule has 0 unspecified atom stereocenters. The molecule has 6 nitrogen and oxygen atoms in total. The van der Waals surface area contributed by atoms with E-state index in [0.29, 0.717) is 11.3 Å². The Kier molecular flexibility index (Phi) is 5.05. The molecule has 0 saturated heterocycles. The molecule has 2 heterocycles. The predicted molar refractivity (Wildman–Crippen MR) is 116 cm³/mol. The number of thiazole rings is 1. The molecule has 4 rings (SSSR count). The van der Waals surface area contributed by atoms with E-state index in [1.54, 1.807) is 30.5 Å². The summed E-state index contributed by atoms with van der Waals surface area (Å²) in [6.07, 6.45) is 1.75. The van der Waals surface area contributed by atoms with Crippen molar-refractivity contribution in [3.05, 3.63) is 71.9 Å². The van der Waals surface area contributed by atoms with E-state index in [2.05, 4.69) is 20.6 Å². The van der Waals surface area contributed by atoms with Crippen LogP contribution in [-0.2, 0) is 4.79 Å². The van der Waals surface area contributed by atoms with Gasteiger partial charge < -0.3 is 10.6 Å². The van der Waals surface area contributed by atoms with E-state index in [1.807, 2.05) is 37.3 Å². The van der Waals surface area contributed by atoms with Gasteiger partial charge >= 0.3 is 0 Å². The van der Waals surface area contributed by atoms with Gasteiger partial charge in [0.2, 0.25) is 5.91 Å². The van der Waals surface area contributed by atoms with Crippen LogP contribution in [0.3, 0.4) is 0 Å². The summed E-state index contributed by atoms with van der Waals surface area (Å²) < 4.78 is 0. The molecule has 29 heavy (non-hydrogen) atoms. The van der Waals surface area contributed by atoms with E-state index < -0.39 is 0 Å². The fraction of sp³-hybridized carbons (Fsp3) is 0.0909. The summed E-state index contributed by atoms with van der Waals surface area (Å²) in [5.74, 6) is -0.370. The van der Waals surface area contributed by atoms with Gasteiger partial charge in [-0.1, -0.05) is 23.5 Å². The van der Waals surface area contributed by atoms with E-state index in [9.17, 15) is 9.59 Å². The first-order valence-electron chi connectivity index (χ1n) is 9.01. The average Bonchev–Trinajstić information content (AvgIpc) is 3.14. The monoisotopic (exact) mass is 402 g/mol. The minimum Gasteiger partial charge on any atom is -0.326 e. The maximum absolute atomic E-state index is 12.7. The Morgan fingerprint density at radius 2 is 1.79 bits per heavy atom. The van der Waals surface area contributed by atoms with Gasteiger partial charge in [0.15, 0.2) is 0 Å². The van der Waals surface area contributed by atoms with Gasteiger partial charge in [0, 0.05) is 35.6 Å². The topological polar surface area (TPSA) is 84.0 Å².